The third-order valence-electron chi connectivity index (χ3n) is 5.14. The minimum atomic E-state index is -0.460. The molecular weight excluding hydrogens is 406 g/mol. The molecule has 32 heavy (non-hydrogen) atoms. The van der Waals surface area contributed by atoms with E-state index in [1.165, 1.54) is 0 Å². The summed E-state index contributed by atoms with van der Waals surface area (Å²) in [5, 5.41) is 6.71. The highest BCUT2D eigenvalue weighted by molar-refractivity contribution is 5.79. The maximum Gasteiger partial charge on any atom is 0.410 e. The molecule has 1 saturated heterocycles. The first-order chi connectivity index (χ1) is 15.3. The Kier molecular flexibility index (Phi) is 8.14. The smallest absolute Gasteiger partial charge is 0.410 e. The van der Waals surface area contributed by atoms with Gasteiger partial charge in [-0.05, 0) is 58.6 Å². The molecule has 1 amide bonds. The lowest BCUT2D eigenvalue weighted by Crippen LogP contribution is -2.45. The van der Waals surface area contributed by atoms with Gasteiger partial charge in [0.15, 0.2) is 5.96 Å². The van der Waals surface area contributed by atoms with E-state index < -0.39 is 5.60 Å². The number of aliphatic imine (C=N–C) groups is 1. The number of benzene rings is 1. The molecule has 174 valence electrons. The van der Waals surface area contributed by atoms with Gasteiger partial charge in [0.2, 0.25) is 5.89 Å². The number of carbonyl (C=O) groups is 1. The molecule has 0 radical (unpaired) electrons. The van der Waals surface area contributed by atoms with Crippen molar-refractivity contribution < 1.29 is 13.9 Å². The summed E-state index contributed by atoms with van der Waals surface area (Å²) < 4.78 is 11.1. The van der Waals surface area contributed by atoms with Crippen LogP contribution in [0.1, 0.15) is 46.2 Å². The van der Waals surface area contributed by atoms with Gasteiger partial charge in [-0.25, -0.2) is 14.8 Å². The summed E-state index contributed by atoms with van der Waals surface area (Å²) in [6, 6.07) is 9.83. The van der Waals surface area contributed by atoms with Crippen molar-refractivity contribution in [3.05, 3.63) is 42.3 Å². The van der Waals surface area contributed by atoms with Gasteiger partial charge in [-0.3, -0.25) is 0 Å². The Hall–Kier alpha value is -3.03. The summed E-state index contributed by atoms with van der Waals surface area (Å²) in [5.74, 6) is 1.84. The molecule has 1 aliphatic heterocycles. The fourth-order valence-corrected chi connectivity index (χ4v) is 3.48. The first kappa shape index (κ1) is 23.6. The molecular formula is C24H35N5O3. The standard InChI is InChI=1S/C24H35N5O3/c1-5-25-22(27-16-20-17-31-21(28-20)19-9-7-6-8-10-19)26-15-18-11-13-29(14-12-18)23(30)32-24(2,3)4/h6-10,17-18H,5,11-16H2,1-4H3,(H2,25,26,27). The number of likely N-dealkylation sites (tertiary alicyclic amines) is 1. The van der Waals surface area contributed by atoms with Gasteiger partial charge in [0, 0.05) is 31.7 Å². The maximum atomic E-state index is 12.2. The molecule has 2 heterocycles. The highest BCUT2D eigenvalue weighted by atomic mass is 16.6. The minimum absolute atomic E-state index is 0.221. The molecule has 2 N–H and O–H groups in total. The lowest BCUT2D eigenvalue weighted by atomic mass is 9.97. The molecule has 1 aliphatic rings. The fourth-order valence-electron chi connectivity index (χ4n) is 3.48. The van der Waals surface area contributed by atoms with E-state index in [0.717, 1.165) is 56.2 Å². The predicted octanol–water partition coefficient (Wildman–Crippen LogP) is 4.04. The summed E-state index contributed by atoms with van der Waals surface area (Å²) >= 11 is 0. The van der Waals surface area contributed by atoms with E-state index in [9.17, 15) is 4.79 Å². The van der Waals surface area contributed by atoms with Crippen molar-refractivity contribution in [2.45, 2.75) is 52.7 Å². The van der Waals surface area contributed by atoms with Crippen LogP contribution in [0.15, 0.2) is 46.0 Å². The van der Waals surface area contributed by atoms with Crippen LogP contribution < -0.4 is 10.6 Å². The summed E-state index contributed by atoms with van der Waals surface area (Å²) in [4.78, 5) is 23.2. The van der Waals surface area contributed by atoms with Crippen LogP contribution in [0.3, 0.4) is 0 Å². The second-order valence-corrected chi connectivity index (χ2v) is 9.00. The molecule has 8 nitrogen and oxygen atoms in total. The normalized spacial score (nSPS) is 15.5. The topological polar surface area (TPSA) is 92.0 Å². The van der Waals surface area contributed by atoms with E-state index in [0.29, 0.717) is 18.4 Å². The molecule has 1 fully saturated rings. The number of hydrogen-bond acceptors (Lipinski definition) is 5. The maximum absolute atomic E-state index is 12.2. The van der Waals surface area contributed by atoms with E-state index >= 15 is 0 Å². The van der Waals surface area contributed by atoms with Crippen molar-refractivity contribution in [3.8, 4) is 11.5 Å². The first-order valence-electron chi connectivity index (χ1n) is 11.3. The lowest BCUT2D eigenvalue weighted by Gasteiger charge is -2.33. The highest BCUT2D eigenvalue weighted by Gasteiger charge is 2.26. The van der Waals surface area contributed by atoms with Gasteiger partial charge in [0.05, 0.1) is 6.54 Å². The number of ether oxygens (including phenoxy) is 1. The van der Waals surface area contributed by atoms with Gasteiger partial charge < -0.3 is 24.7 Å². The Labute approximate surface area is 190 Å². The van der Waals surface area contributed by atoms with Gasteiger partial charge in [-0.1, -0.05) is 18.2 Å². The zero-order chi connectivity index (χ0) is 23.0. The van der Waals surface area contributed by atoms with Crippen molar-refractivity contribution in [1.29, 1.82) is 0 Å². The Balaban J connectivity index is 1.47. The SMILES string of the molecule is CCNC(=NCc1coc(-c2ccccc2)n1)NCC1CCN(C(=O)OC(C)(C)C)CC1. The van der Waals surface area contributed by atoms with Gasteiger partial charge in [-0.2, -0.15) is 0 Å². The number of rotatable bonds is 6. The third kappa shape index (κ3) is 7.28. The zero-order valence-electron chi connectivity index (χ0n) is 19.6. The van der Waals surface area contributed by atoms with Crippen LogP contribution >= 0.6 is 0 Å². The number of guanidine groups is 1. The van der Waals surface area contributed by atoms with Gasteiger partial charge in [0.25, 0.3) is 0 Å². The number of carbonyl (C=O) groups excluding carboxylic acids is 1. The van der Waals surface area contributed by atoms with Crippen LogP contribution in [0, 0.1) is 5.92 Å². The van der Waals surface area contributed by atoms with Gasteiger partial charge >= 0.3 is 6.09 Å². The molecule has 0 bridgehead atoms. The van der Waals surface area contributed by atoms with Crippen molar-refractivity contribution in [2.75, 3.05) is 26.2 Å². The van der Waals surface area contributed by atoms with Crippen molar-refractivity contribution in [3.63, 3.8) is 0 Å². The Morgan fingerprint density at radius 1 is 1.22 bits per heavy atom. The molecule has 0 spiro atoms. The van der Waals surface area contributed by atoms with Crippen molar-refractivity contribution in [2.24, 2.45) is 10.9 Å². The molecule has 0 atom stereocenters. The molecule has 0 aliphatic carbocycles. The molecule has 2 aromatic rings. The lowest BCUT2D eigenvalue weighted by molar-refractivity contribution is 0.0185. The second kappa shape index (κ2) is 11.0. The quantitative estimate of drug-likeness (QED) is 0.519. The predicted molar refractivity (Wildman–Crippen MR) is 125 cm³/mol. The van der Waals surface area contributed by atoms with E-state index in [-0.39, 0.29) is 6.09 Å². The Morgan fingerprint density at radius 3 is 2.59 bits per heavy atom. The highest BCUT2D eigenvalue weighted by Crippen LogP contribution is 2.20. The van der Waals surface area contributed by atoms with Crippen LogP contribution in [0.25, 0.3) is 11.5 Å². The third-order valence-corrected chi connectivity index (χ3v) is 5.14. The summed E-state index contributed by atoms with van der Waals surface area (Å²) in [5.41, 5.74) is 1.27. The molecule has 1 aromatic carbocycles. The Bertz CT molecular complexity index is 881. The van der Waals surface area contributed by atoms with Crippen molar-refractivity contribution >= 4 is 12.1 Å². The number of piperidine rings is 1. The van der Waals surface area contributed by atoms with Crippen LogP contribution in [0.2, 0.25) is 0 Å². The minimum Gasteiger partial charge on any atom is -0.444 e. The molecule has 8 heteroatoms. The Morgan fingerprint density at radius 2 is 1.94 bits per heavy atom. The molecule has 0 unspecified atom stereocenters. The monoisotopic (exact) mass is 441 g/mol. The van der Waals surface area contributed by atoms with E-state index in [2.05, 4.69) is 20.6 Å². The fraction of sp³-hybridized carbons (Fsp3) is 0.542. The van der Waals surface area contributed by atoms with Crippen molar-refractivity contribution in [1.82, 2.24) is 20.5 Å². The summed E-state index contributed by atoms with van der Waals surface area (Å²) in [6.07, 6.45) is 3.31. The summed E-state index contributed by atoms with van der Waals surface area (Å²) in [6.45, 7) is 11.2. The second-order valence-electron chi connectivity index (χ2n) is 9.00. The van der Waals surface area contributed by atoms with E-state index in [4.69, 9.17) is 9.15 Å². The van der Waals surface area contributed by atoms with Crippen LogP contribution in [-0.4, -0.2) is 53.7 Å². The number of nitrogens with zero attached hydrogens (tertiary/aromatic N) is 3. The number of oxazole rings is 1. The average molecular weight is 442 g/mol. The van der Waals surface area contributed by atoms with Gasteiger partial charge in [0.1, 0.15) is 17.6 Å². The number of amides is 1. The molecule has 3 rings (SSSR count). The van der Waals surface area contributed by atoms with Gasteiger partial charge in [-0.15, -0.1) is 0 Å². The molecule has 1 aromatic heterocycles. The summed E-state index contributed by atoms with van der Waals surface area (Å²) in [7, 11) is 0. The number of aromatic nitrogens is 1. The molecule has 0 saturated carbocycles. The van der Waals surface area contributed by atoms with E-state index in [1.807, 2.05) is 58.0 Å². The van der Waals surface area contributed by atoms with E-state index in [1.54, 1.807) is 11.2 Å². The zero-order valence-corrected chi connectivity index (χ0v) is 19.6. The number of nitrogens with one attached hydrogen (secondary N) is 2. The number of hydrogen-bond donors (Lipinski definition) is 2. The van der Waals surface area contributed by atoms with Crippen LogP contribution in [0.4, 0.5) is 4.79 Å². The van der Waals surface area contributed by atoms with Crippen LogP contribution in [0.5, 0.6) is 0 Å². The van der Waals surface area contributed by atoms with Crippen LogP contribution in [-0.2, 0) is 11.3 Å². The largest absolute Gasteiger partial charge is 0.444 e. The first-order valence-corrected chi connectivity index (χ1v) is 11.3. The average Bonchev–Trinajstić information content (AvgIpc) is 3.24.